The second-order valence-corrected chi connectivity index (χ2v) is 12.0. The molecule has 13 nitrogen and oxygen atoms in total. The number of aromatic nitrogens is 2. The van der Waals surface area contributed by atoms with Gasteiger partial charge < -0.3 is 34.6 Å². The van der Waals surface area contributed by atoms with Gasteiger partial charge in [0.2, 0.25) is 5.91 Å². The molecule has 244 valence electrons. The Morgan fingerprint density at radius 3 is 2.40 bits per heavy atom. The van der Waals surface area contributed by atoms with Gasteiger partial charge in [0.05, 0.1) is 12.7 Å². The molecular formula is C32H44N6O7. The zero-order valence-corrected chi connectivity index (χ0v) is 26.5. The van der Waals surface area contributed by atoms with Crippen LogP contribution in [-0.4, -0.2) is 107 Å². The number of anilines is 1. The van der Waals surface area contributed by atoms with Crippen molar-refractivity contribution >= 4 is 29.7 Å². The largest absolute Gasteiger partial charge is 0.460 e. The fourth-order valence-electron chi connectivity index (χ4n) is 5.08. The van der Waals surface area contributed by atoms with Crippen LogP contribution in [0.1, 0.15) is 63.9 Å². The Kier molecular flexibility index (Phi) is 11.7. The highest BCUT2D eigenvalue weighted by atomic mass is 16.6. The predicted octanol–water partition coefficient (Wildman–Crippen LogP) is 3.26. The van der Waals surface area contributed by atoms with Gasteiger partial charge in [-0.15, -0.1) is 0 Å². The normalized spacial score (nSPS) is 17.4. The molecule has 0 aliphatic carbocycles. The summed E-state index contributed by atoms with van der Waals surface area (Å²) in [7, 11) is 0. The Morgan fingerprint density at radius 2 is 1.76 bits per heavy atom. The summed E-state index contributed by atoms with van der Waals surface area (Å²) < 4.78 is 16.2. The molecule has 2 aliphatic rings. The topological polar surface area (TPSA) is 152 Å². The number of benzene rings is 1. The van der Waals surface area contributed by atoms with E-state index in [0.29, 0.717) is 31.3 Å². The average molecular weight is 625 g/mol. The van der Waals surface area contributed by atoms with E-state index in [9.17, 15) is 19.2 Å². The zero-order chi connectivity index (χ0) is 32.4. The van der Waals surface area contributed by atoms with Gasteiger partial charge in [0, 0.05) is 57.4 Å². The van der Waals surface area contributed by atoms with Crippen LogP contribution in [0.25, 0.3) is 11.4 Å². The Bertz CT molecular complexity index is 1320. The monoisotopic (exact) mass is 624 g/mol. The van der Waals surface area contributed by atoms with Crippen molar-refractivity contribution in [3.05, 3.63) is 42.1 Å². The van der Waals surface area contributed by atoms with Crippen LogP contribution in [0.4, 0.5) is 10.6 Å². The SMILES string of the molecule is CCOC(=O)N1CCN(C(=O)C(CCC(=O)OC(C)(C)C)NC(=O)c2cc(NCC3CCCO3)nc(-c3ccccc3)n2)CC1. The molecule has 45 heavy (non-hydrogen) atoms. The molecule has 1 aromatic carbocycles. The van der Waals surface area contributed by atoms with E-state index in [2.05, 4.69) is 20.6 Å². The highest BCUT2D eigenvalue weighted by molar-refractivity contribution is 5.97. The molecule has 2 fully saturated rings. The first kappa shape index (κ1) is 33.6. The number of hydrogen-bond donors (Lipinski definition) is 2. The summed E-state index contributed by atoms with van der Waals surface area (Å²) in [4.78, 5) is 64.4. The van der Waals surface area contributed by atoms with Gasteiger partial charge in [0.25, 0.3) is 5.91 Å². The van der Waals surface area contributed by atoms with Crippen molar-refractivity contribution in [1.82, 2.24) is 25.1 Å². The minimum atomic E-state index is -1.03. The lowest BCUT2D eigenvalue weighted by Crippen LogP contribution is -2.56. The van der Waals surface area contributed by atoms with Crippen molar-refractivity contribution in [3.63, 3.8) is 0 Å². The molecule has 4 rings (SSSR count). The summed E-state index contributed by atoms with van der Waals surface area (Å²) in [6, 6.07) is 9.82. The van der Waals surface area contributed by atoms with Gasteiger partial charge in [-0.05, 0) is 47.0 Å². The van der Waals surface area contributed by atoms with E-state index >= 15 is 0 Å². The molecule has 2 N–H and O–H groups in total. The maximum absolute atomic E-state index is 13.7. The van der Waals surface area contributed by atoms with Crippen LogP contribution in [0.2, 0.25) is 0 Å². The minimum absolute atomic E-state index is 0.0261. The van der Waals surface area contributed by atoms with Crippen LogP contribution in [0, 0.1) is 0 Å². The number of hydrogen-bond acceptors (Lipinski definition) is 10. The Hall–Kier alpha value is -4.26. The average Bonchev–Trinajstić information content (AvgIpc) is 3.55. The maximum Gasteiger partial charge on any atom is 0.409 e. The van der Waals surface area contributed by atoms with Crippen LogP contribution < -0.4 is 10.6 Å². The summed E-state index contributed by atoms with van der Waals surface area (Å²) in [6.45, 7) is 9.66. The molecule has 2 aliphatic heterocycles. The third-order valence-corrected chi connectivity index (χ3v) is 7.30. The first-order valence-electron chi connectivity index (χ1n) is 15.6. The van der Waals surface area contributed by atoms with E-state index in [4.69, 9.17) is 14.2 Å². The van der Waals surface area contributed by atoms with Crippen LogP contribution in [0.5, 0.6) is 0 Å². The Balaban J connectivity index is 1.53. The minimum Gasteiger partial charge on any atom is -0.460 e. The van der Waals surface area contributed by atoms with E-state index in [1.54, 1.807) is 43.6 Å². The fraction of sp³-hybridized carbons (Fsp3) is 0.562. The third-order valence-electron chi connectivity index (χ3n) is 7.30. The van der Waals surface area contributed by atoms with Crippen LogP contribution in [0.15, 0.2) is 36.4 Å². The molecule has 3 heterocycles. The van der Waals surface area contributed by atoms with E-state index < -0.39 is 29.6 Å². The highest BCUT2D eigenvalue weighted by Gasteiger charge is 2.32. The molecule has 0 spiro atoms. The Labute approximate surface area is 264 Å². The van der Waals surface area contributed by atoms with Crippen molar-refractivity contribution < 1.29 is 33.4 Å². The molecule has 2 saturated heterocycles. The third kappa shape index (κ3) is 10.1. The van der Waals surface area contributed by atoms with Crippen molar-refractivity contribution in [3.8, 4) is 11.4 Å². The van der Waals surface area contributed by atoms with Gasteiger partial charge in [0.1, 0.15) is 23.2 Å². The van der Waals surface area contributed by atoms with Crippen molar-refractivity contribution in [1.29, 1.82) is 0 Å². The van der Waals surface area contributed by atoms with Gasteiger partial charge in [0.15, 0.2) is 5.82 Å². The quantitative estimate of drug-likeness (QED) is 0.357. The number of amides is 3. The van der Waals surface area contributed by atoms with E-state index in [-0.39, 0.29) is 50.2 Å². The first-order valence-corrected chi connectivity index (χ1v) is 15.6. The second kappa shape index (κ2) is 15.6. The molecule has 0 saturated carbocycles. The number of carbonyl (C=O) groups is 4. The fourth-order valence-corrected chi connectivity index (χ4v) is 5.08. The lowest BCUT2D eigenvalue weighted by molar-refractivity contribution is -0.155. The lowest BCUT2D eigenvalue weighted by atomic mass is 10.1. The molecule has 0 radical (unpaired) electrons. The number of rotatable bonds is 11. The number of esters is 1. The summed E-state index contributed by atoms with van der Waals surface area (Å²) >= 11 is 0. The number of ether oxygens (including phenoxy) is 3. The van der Waals surface area contributed by atoms with Crippen molar-refractivity contribution in [2.75, 3.05) is 51.3 Å². The van der Waals surface area contributed by atoms with Gasteiger partial charge in [-0.2, -0.15) is 0 Å². The Morgan fingerprint density at radius 1 is 1.04 bits per heavy atom. The highest BCUT2D eigenvalue weighted by Crippen LogP contribution is 2.20. The molecule has 0 bridgehead atoms. The number of nitrogens with zero attached hydrogens (tertiary/aromatic N) is 4. The zero-order valence-electron chi connectivity index (χ0n) is 26.5. The summed E-state index contributed by atoms with van der Waals surface area (Å²) in [5.74, 6) is -0.608. The van der Waals surface area contributed by atoms with E-state index in [1.807, 2.05) is 30.3 Å². The summed E-state index contributed by atoms with van der Waals surface area (Å²) in [6.07, 6.45) is 1.50. The molecule has 2 unspecified atom stereocenters. The second-order valence-electron chi connectivity index (χ2n) is 12.0. The number of carbonyl (C=O) groups excluding carboxylic acids is 4. The first-order chi connectivity index (χ1) is 21.5. The molecule has 2 atom stereocenters. The van der Waals surface area contributed by atoms with Crippen LogP contribution in [0.3, 0.4) is 0 Å². The van der Waals surface area contributed by atoms with Crippen molar-refractivity contribution in [2.45, 2.75) is 71.1 Å². The lowest BCUT2D eigenvalue weighted by Gasteiger charge is -2.36. The molecular weight excluding hydrogens is 580 g/mol. The smallest absolute Gasteiger partial charge is 0.409 e. The van der Waals surface area contributed by atoms with Gasteiger partial charge in [-0.25, -0.2) is 14.8 Å². The van der Waals surface area contributed by atoms with Gasteiger partial charge >= 0.3 is 12.1 Å². The molecule has 2 aromatic rings. The summed E-state index contributed by atoms with van der Waals surface area (Å²) in [5, 5.41) is 6.09. The van der Waals surface area contributed by atoms with E-state index in [0.717, 1.165) is 25.0 Å². The number of nitrogens with one attached hydrogen (secondary N) is 2. The maximum atomic E-state index is 13.7. The van der Waals surface area contributed by atoms with Crippen LogP contribution in [-0.2, 0) is 23.8 Å². The molecule has 3 amide bonds. The molecule has 13 heteroatoms. The van der Waals surface area contributed by atoms with E-state index in [1.165, 1.54) is 0 Å². The van der Waals surface area contributed by atoms with Gasteiger partial charge in [-0.1, -0.05) is 30.3 Å². The van der Waals surface area contributed by atoms with Crippen molar-refractivity contribution in [2.24, 2.45) is 0 Å². The van der Waals surface area contributed by atoms with Gasteiger partial charge in [-0.3, -0.25) is 14.4 Å². The molecule has 1 aromatic heterocycles. The predicted molar refractivity (Wildman–Crippen MR) is 166 cm³/mol. The van der Waals surface area contributed by atoms with Crippen LogP contribution >= 0.6 is 0 Å². The summed E-state index contributed by atoms with van der Waals surface area (Å²) in [5.41, 5.74) is 0.107. The number of piperazine rings is 1. The standard InChI is InChI=1S/C32H44N6O7/c1-5-43-31(42)38-17-15-37(16-18-38)30(41)24(13-14-27(39)45-32(2,3)4)35-29(40)25-20-26(33-21-23-12-9-19-44-23)36-28(34-25)22-10-7-6-8-11-22/h6-8,10-11,20,23-24H,5,9,12-19,21H2,1-4H3,(H,35,40)(H,33,34,36).